The second kappa shape index (κ2) is 6.03. The van der Waals surface area contributed by atoms with E-state index in [4.69, 9.17) is 9.40 Å². The van der Waals surface area contributed by atoms with E-state index in [1.54, 1.807) is 17.5 Å². The number of hydrogen-bond acceptors (Lipinski definition) is 7. The van der Waals surface area contributed by atoms with Crippen molar-refractivity contribution < 1.29 is 9.21 Å². The van der Waals surface area contributed by atoms with Gasteiger partial charge in [-0.3, -0.25) is 4.79 Å². The highest BCUT2D eigenvalue weighted by Crippen LogP contribution is 2.49. The zero-order valence-corrected chi connectivity index (χ0v) is 17.0. The fraction of sp³-hybridized carbons (Fsp3) is 0.273. The van der Waals surface area contributed by atoms with Crippen molar-refractivity contribution in [2.45, 2.75) is 31.2 Å². The Morgan fingerprint density at radius 2 is 2.17 bits per heavy atom. The number of anilines is 1. The van der Waals surface area contributed by atoms with Crippen LogP contribution in [0, 0.1) is 11.3 Å². The van der Waals surface area contributed by atoms with Crippen molar-refractivity contribution >= 4 is 44.8 Å². The molecule has 0 saturated heterocycles. The SMILES string of the molecule is C[C@@H]1CNc2c(oc3ccc4nc(-c5cnc(C6(C#N)CC6)s5)ccc4c23)C(=O)N1. The number of nitrogens with zero attached hydrogens (tertiary/aromatic N) is 3. The Bertz CT molecular complexity index is 1390. The van der Waals surface area contributed by atoms with Crippen LogP contribution in [0.4, 0.5) is 5.69 Å². The summed E-state index contributed by atoms with van der Waals surface area (Å²) in [5.74, 6) is 0.101. The number of rotatable bonds is 2. The van der Waals surface area contributed by atoms with E-state index in [9.17, 15) is 10.1 Å². The van der Waals surface area contributed by atoms with Crippen LogP contribution in [-0.4, -0.2) is 28.5 Å². The Morgan fingerprint density at radius 1 is 1.30 bits per heavy atom. The second-order valence-corrected chi connectivity index (χ2v) is 9.02. The molecule has 7 nitrogen and oxygen atoms in total. The molecular weight excluding hydrogens is 398 g/mol. The lowest BCUT2D eigenvalue weighted by Crippen LogP contribution is -2.34. The fourth-order valence-electron chi connectivity index (χ4n) is 3.98. The number of fused-ring (bicyclic) bond motifs is 5. The molecule has 1 saturated carbocycles. The van der Waals surface area contributed by atoms with E-state index in [1.165, 1.54) is 0 Å². The quantitative estimate of drug-likeness (QED) is 0.508. The third kappa shape index (κ3) is 2.45. The van der Waals surface area contributed by atoms with Crippen molar-refractivity contribution in [2.24, 2.45) is 0 Å². The number of aromatic nitrogens is 2. The first-order valence-electron chi connectivity index (χ1n) is 9.87. The molecule has 30 heavy (non-hydrogen) atoms. The van der Waals surface area contributed by atoms with Gasteiger partial charge in [-0.05, 0) is 44.0 Å². The summed E-state index contributed by atoms with van der Waals surface area (Å²) in [5, 5.41) is 18.4. The number of nitrogens with one attached hydrogen (secondary N) is 2. The van der Waals surface area contributed by atoms with Gasteiger partial charge in [0.1, 0.15) is 16.0 Å². The summed E-state index contributed by atoms with van der Waals surface area (Å²) in [5.41, 5.74) is 2.64. The number of nitriles is 1. The standard InChI is InChI=1S/C22H17N5O2S/c1-11-8-24-18-17-12-2-3-14(16-9-25-21(30-16)22(10-23)6-7-22)27-13(12)4-5-15(17)29-19(18)20(28)26-11/h2-5,9,11,24H,6-8H2,1H3,(H,26,28)/t11-/m1/s1. The Labute approximate surface area is 175 Å². The molecule has 6 rings (SSSR count). The van der Waals surface area contributed by atoms with E-state index in [2.05, 4.69) is 21.7 Å². The Balaban J connectivity index is 1.48. The first kappa shape index (κ1) is 17.4. The van der Waals surface area contributed by atoms with Crippen LogP contribution in [0.2, 0.25) is 0 Å². The minimum Gasteiger partial charge on any atom is -0.449 e. The van der Waals surface area contributed by atoms with Gasteiger partial charge in [0.2, 0.25) is 5.76 Å². The highest BCUT2D eigenvalue weighted by Gasteiger charge is 2.47. The molecule has 1 fully saturated rings. The van der Waals surface area contributed by atoms with Crippen molar-refractivity contribution in [2.75, 3.05) is 11.9 Å². The number of thiazole rings is 1. The van der Waals surface area contributed by atoms with Crippen LogP contribution in [0.25, 0.3) is 32.4 Å². The molecule has 1 amide bonds. The predicted molar refractivity (Wildman–Crippen MR) is 115 cm³/mol. The van der Waals surface area contributed by atoms with E-state index in [0.717, 1.165) is 50.4 Å². The average Bonchev–Trinajstić information content (AvgIpc) is 3.27. The molecule has 0 bridgehead atoms. The number of amides is 1. The van der Waals surface area contributed by atoms with Crippen LogP contribution in [-0.2, 0) is 5.41 Å². The summed E-state index contributed by atoms with van der Waals surface area (Å²) in [4.78, 5) is 22.8. The van der Waals surface area contributed by atoms with Crippen molar-refractivity contribution in [3.63, 3.8) is 0 Å². The molecule has 1 aliphatic heterocycles. The maximum atomic E-state index is 12.5. The van der Waals surface area contributed by atoms with Gasteiger partial charge in [-0.25, -0.2) is 9.97 Å². The first-order valence-corrected chi connectivity index (χ1v) is 10.7. The van der Waals surface area contributed by atoms with Crippen LogP contribution in [0.5, 0.6) is 0 Å². The monoisotopic (exact) mass is 415 g/mol. The van der Waals surface area contributed by atoms with Gasteiger partial charge >= 0.3 is 0 Å². The lowest BCUT2D eigenvalue weighted by molar-refractivity contribution is 0.0920. The lowest BCUT2D eigenvalue weighted by Gasteiger charge is -2.09. The fourth-order valence-corrected chi connectivity index (χ4v) is 5.06. The normalized spacial score (nSPS) is 19.6. The summed E-state index contributed by atoms with van der Waals surface area (Å²) in [6.07, 6.45) is 3.57. The molecule has 4 aromatic rings. The minimum absolute atomic E-state index is 0.0125. The number of benzene rings is 1. The predicted octanol–water partition coefficient (Wildman–Crippen LogP) is 4.20. The number of hydrogen-bond donors (Lipinski definition) is 2. The molecule has 1 atom stereocenters. The van der Waals surface area contributed by atoms with Gasteiger partial charge in [-0.1, -0.05) is 0 Å². The van der Waals surface area contributed by atoms with E-state index < -0.39 is 0 Å². The van der Waals surface area contributed by atoms with Crippen LogP contribution in [0.1, 0.15) is 35.3 Å². The molecule has 1 aliphatic carbocycles. The molecule has 0 radical (unpaired) electrons. The van der Waals surface area contributed by atoms with Gasteiger partial charge in [0, 0.05) is 24.2 Å². The third-order valence-electron chi connectivity index (χ3n) is 5.82. The summed E-state index contributed by atoms with van der Waals surface area (Å²) >= 11 is 1.54. The third-order valence-corrected chi connectivity index (χ3v) is 7.05. The first-order chi connectivity index (χ1) is 14.6. The second-order valence-electron chi connectivity index (χ2n) is 7.99. The molecule has 1 aromatic carbocycles. The molecule has 148 valence electrons. The summed E-state index contributed by atoms with van der Waals surface area (Å²) in [6, 6.07) is 10.1. The topological polar surface area (TPSA) is 104 Å². The van der Waals surface area contributed by atoms with Gasteiger partial charge in [-0.2, -0.15) is 5.26 Å². The molecule has 8 heteroatoms. The molecular formula is C22H17N5O2S. The van der Waals surface area contributed by atoms with E-state index >= 15 is 0 Å². The van der Waals surface area contributed by atoms with Crippen LogP contribution in [0.3, 0.4) is 0 Å². The van der Waals surface area contributed by atoms with Crippen LogP contribution >= 0.6 is 11.3 Å². The Hall–Kier alpha value is -3.44. The molecule has 0 spiro atoms. The van der Waals surface area contributed by atoms with Gasteiger partial charge in [0.25, 0.3) is 5.91 Å². The van der Waals surface area contributed by atoms with Crippen LogP contribution < -0.4 is 10.6 Å². The highest BCUT2D eigenvalue weighted by atomic mass is 32.1. The van der Waals surface area contributed by atoms with Gasteiger partial charge in [0.15, 0.2) is 0 Å². The maximum Gasteiger partial charge on any atom is 0.289 e. The number of carbonyl (C=O) groups excluding carboxylic acids is 1. The summed E-state index contributed by atoms with van der Waals surface area (Å²) in [6.45, 7) is 2.58. The highest BCUT2D eigenvalue weighted by molar-refractivity contribution is 7.15. The Morgan fingerprint density at radius 3 is 2.97 bits per heavy atom. The van der Waals surface area contributed by atoms with Crippen molar-refractivity contribution in [3.8, 4) is 16.6 Å². The van der Waals surface area contributed by atoms with Crippen molar-refractivity contribution in [3.05, 3.63) is 41.2 Å². The molecule has 3 aromatic heterocycles. The number of carbonyl (C=O) groups is 1. The van der Waals surface area contributed by atoms with Crippen LogP contribution in [0.15, 0.2) is 34.9 Å². The van der Waals surface area contributed by atoms with E-state index in [1.807, 2.05) is 31.2 Å². The molecule has 4 heterocycles. The lowest BCUT2D eigenvalue weighted by atomic mass is 10.1. The zero-order chi connectivity index (χ0) is 20.5. The number of pyridine rings is 1. The average molecular weight is 415 g/mol. The summed E-state index contributed by atoms with van der Waals surface area (Å²) < 4.78 is 5.87. The largest absolute Gasteiger partial charge is 0.449 e. The van der Waals surface area contributed by atoms with E-state index in [0.29, 0.717) is 17.9 Å². The maximum absolute atomic E-state index is 12.5. The van der Waals surface area contributed by atoms with Gasteiger partial charge in [0.05, 0.1) is 33.2 Å². The summed E-state index contributed by atoms with van der Waals surface area (Å²) in [7, 11) is 0. The molecule has 2 N–H and O–H groups in total. The van der Waals surface area contributed by atoms with E-state index in [-0.39, 0.29) is 17.4 Å². The van der Waals surface area contributed by atoms with Crippen molar-refractivity contribution in [1.82, 2.24) is 15.3 Å². The molecule has 2 aliphatic rings. The Kier molecular flexibility index (Phi) is 3.50. The van der Waals surface area contributed by atoms with Gasteiger partial charge < -0.3 is 15.1 Å². The van der Waals surface area contributed by atoms with Gasteiger partial charge in [-0.15, -0.1) is 11.3 Å². The smallest absolute Gasteiger partial charge is 0.289 e. The van der Waals surface area contributed by atoms with Crippen molar-refractivity contribution in [1.29, 1.82) is 5.26 Å². The zero-order valence-electron chi connectivity index (χ0n) is 16.2. The number of furan rings is 1. The minimum atomic E-state index is -0.385. The molecule has 0 unspecified atom stereocenters.